The van der Waals surface area contributed by atoms with Crippen molar-refractivity contribution in [3.8, 4) is 0 Å². The maximum Gasteiger partial charge on any atom is 0.219 e. The molecule has 0 aliphatic heterocycles. The molecule has 0 aliphatic rings. The Morgan fingerprint density at radius 2 is 2.33 bits per heavy atom. The number of benzene rings is 1. The van der Waals surface area contributed by atoms with E-state index in [1.54, 1.807) is 10.6 Å². The summed E-state index contributed by atoms with van der Waals surface area (Å²) in [5.41, 5.74) is 6.50. The number of nitrogens with one attached hydrogen (secondary N) is 1. The van der Waals surface area contributed by atoms with Crippen molar-refractivity contribution in [3.63, 3.8) is 0 Å². The summed E-state index contributed by atoms with van der Waals surface area (Å²) in [6.45, 7) is 1.81. The number of primary amides is 1. The highest BCUT2D eigenvalue weighted by molar-refractivity contribution is 9.10. The monoisotopic (exact) mass is 331 g/mol. The Kier molecular flexibility index (Phi) is 3.54. The number of hydrogen-bond donors (Lipinski definition) is 2. The molecule has 1 heterocycles. The van der Waals surface area contributed by atoms with Crippen molar-refractivity contribution in [2.45, 2.75) is 19.4 Å². The lowest BCUT2D eigenvalue weighted by Gasteiger charge is -2.12. The first-order valence-electron chi connectivity index (χ1n) is 5.27. The zero-order chi connectivity index (χ0) is 13.4. The van der Waals surface area contributed by atoms with Gasteiger partial charge in [0.25, 0.3) is 0 Å². The lowest BCUT2D eigenvalue weighted by molar-refractivity contribution is -0.118. The van der Waals surface area contributed by atoms with Crippen molar-refractivity contribution in [1.82, 2.24) is 9.55 Å². The highest BCUT2D eigenvalue weighted by atomic mass is 79.9. The minimum Gasteiger partial charge on any atom is -0.370 e. The Bertz CT molecular complexity index is 679. The predicted molar refractivity (Wildman–Crippen MR) is 73.3 cm³/mol. The minimum atomic E-state index is -0.420. The summed E-state index contributed by atoms with van der Waals surface area (Å²) in [6.07, 6.45) is 0.152. The van der Waals surface area contributed by atoms with Gasteiger partial charge in [-0.1, -0.05) is 0 Å². The predicted octanol–water partition coefficient (Wildman–Crippen LogP) is 3.04. The first kappa shape index (κ1) is 13.2. The number of amides is 1. The van der Waals surface area contributed by atoms with Crippen molar-refractivity contribution in [1.29, 1.82) is 0 Å². The molecule has 0 radical (unpaired) electrons. The molecule has 3 N–H and O–H groups in total. The molecule has 0 spiro atoms. The summed E-state index contributed by atoms with van der Waals surface area (Å²) in [4.78, 5) is 13.9. The van der Waals surface area contributed by atoms with Crippen LogP contribution >= 0.6 is 28.1 Å². The molecular formula is C11H11BrFN3OS. The molecule has 1 atom stereocenters. The van der Waals surface area contributed by atoms with Gasteiger partial charge in [0, 0.05) is 18.5 Å². The van der Waals surface area contributed by atoms with E-state index >= 15 is 0 Å². The van der Waals surface area contributed by atoms with Crippen LogP contribution in [0.25, 0.3) is 11.0 Å². The van der Waals surface area contributed by atoms with Gasteiger partial charge in [0.15, 0.2) is 4.77 Å². The van der Waals surface area contributed by atoms with E-state index in [1.807, 2.05) is 6.92 Å². The zero-order valence-electron chi connectivity index (χ0n) is 9.54. The van der Waals surface area contributed by atoms with E-state index in [0.29, 0.717) is 20.3 Å². The number of nitrogens with zero attached hydrogens (tertiary/aromatic N) is 1. The van der Waals surface area contributed by atoms with Gasteiger partial charge in [-0.2, -0.15) is 0 Å². The average Bonchev–Trinajstić information content (AvgIpc) is 2.53. The molecule has 2 aromatic rings. The van der Waals surface area contributed by atoms with Crippen LogP contribution in [-0.2, 0) is 4.79 Å². The number of imidazole rings is 1. The highest BCUT2D eigenvalue weighted by Gasteiger charge is 2.15. The summed E-state index contributed by atoms with van der Waals surface area (Å²) in [6, 6.07) is 2.78. The van der Waals surface area contributed by atoms with Crippen molar-refractivity contribution in [3.05, 3.63) is 27.2 Å². The molecule has 1 aromatic carbocycles. The quantitative estimate of drug-likeness (QED) is 0.849. The Hall–Kier alpha value is -1.21. The molecule has 1 amide bonds. The number of fused-ring (bicyclic) bond motifs is 1. The standard InChI is InChI=1S/C11H11BrFN3OS/c1-5(2-10(14)17)16-9-4-7(13)6(12)3-8(9)15-11(16)18/h3-5H,2H2,1H3,(H2,14,17)(H,15,18). The lowest BCUT2D eigenvalue weighted by Crippen LogP contribution is -2.17. The number of hydrogen-bond acceptors (Lipinski definition) is 2. The fourth-order valence-electron chi connectivity index (χ4n) is 1.94. The molecule has 0 saturated heterocycles. The summed E-state index contributed by atoms with van der Waals surface area (Å²) < 4.78 is 16.1. The maximum atomic E-state index is 13.6. The molecule has 2 rings (SSSR count). The summed E-state index contributed by atoms with van der Waals surface area (Å²) in [5.74, 6) is -0.798. The molecule has 1 unspecified atom stereocenters. The van der Waals surface area contributed by atoms with Crippen LogP contribution in [0.5, 0.6) is 0 Å². The van der Waals surface area contributed by atoms with E-state index in [2.05, 4.69) is 20.9 Å². The van der Waals surface area contributed by atoms with E-state index in [0.717, 1.165) is 0 Å². The normalized spacial score (nSPS) is 12.8. The van der Waals surface area contributed by atoms with Gasteiger partial charge in [-0.05, 0) is 41.1 Å². The summed E-state index contributed by atoms with van der Waals surface area (Å²) in [7, 11) is 0. The van der Waals surface area contributed by atoms with Crippen LogP contribution in [0.4, 0.5) is 4.39 Å². The first-order chi connectivity index (χ1) is 8.40. The van der Waals surface area contributed by atoms with Gasteiger partial charge in [-0.15, -0.1) is 0 Å². The molecule has 1 aromatic heterocycles. The van der Waals surface area contributed by atoms with Crippen molar-refractivity contribution in [2.75, 3.05) is 0 Å². The van der Waals surface area contributed by atoms with Crippen molar-refractivity contribution in [2.24, 2.45) is 5.73 Å². The van der Waals surface area contributed by atoms with E-state index in [9.17, 15) is 9.18 Å². The van der Waals surface area contributed by atoms with Crippen LogP contribution < -0.4 is 5.73 Å². The first-order valence-corrected chi connectivity index (χ1v) is 6.48. The van der Waals surface area contributed by atoms with E-state index < -0.39 is 5.91 Å². The third-order valence-corrected chi connectivity index (χ3v) is 3.60. The second-order valence-electron chi connectivity index (χ2n) is 4.10. The Balaban J connectivity index is 2.63. The fraction of sp³-hybridized carbons (Fsp3) is 0.273. The number of nitrogens with two attached hydrogens (primary N) is 1. The second kappa shape index (κ2) is 4.81. The third-order valence-electron chi connectivity index (χ3n) is 2.70. The molecule has 0 aliphatic carbocycles. The fourth-order valence-corrected chi connectivity index (χ4v) is 2.67. The number of rotatable bonds is 3. The van der Waals surface area contributed by atoms with E-state index in [-0.39, 0.29) is 18.3 Å². The molecule has 4 nitrogen and oxygen atoms in total. The lowest BCUT2D eigenvalue weighted by atomic mass is 10.2. The third kappa shape index (κ3) is 2.32. The van der Waals surface area contributed by atoms with Crippen LogP contribution in [-0.4, -0.2) is 15.5 Å². The molecule has 0 bridgehead atoms. The molecule has 0 fully saturated rings. The Morgan fingerprint density at radius 1 is 1.67 bits per heavy atom. The van der Waals surface area contributed by atoms with Crippen LogP contribution in [0.3, 0.4) is 0 Å². The van der Waals surface area contributed by atoms with Crippen molar-refractivity contribution >= 4 is 45.1 Å². The number of carbonyl (C=O) groups excluding carboxylic acids is 1. The zero-order valence-corrected chi connectivity index (χ0v) is 11.9. The average molecular weight is 332 g/mol. The Morgan fingerprint density at radius 3 is 2.94 bits per heavy atom. The van der Waals surface area contributed by atoms with Gasteiger partial charge in [-0.3, -0.25) is 4.79 Å². The Labute approximate surface area is 116 Å². The minimum absolute atomic E-state index is 0.152. The van der Waals surface area contributed by atoms with Gasteiger partial charge in [0.05, 0.1) is 15.5 Å². The largest absolute Gasteiger partial charge is 0.370 e. The molecule has 18 heavy (non-hydrogen) atoms. The van der Waals surface area contributed by atoms with Crippen LogP contribution in [0, 0.1) is 10.6 Å². The van der Waals surface area contributed by atoms with Gasteiger partial charge in [0.2, 0.25) is 5.91 Å². The topological polar surface area (TPSA) is 63.8 Å². The van der Waals surface area contributed by atoms with Gasteiger partial charge >= 0.3 is 0 Å². The molecule has 0 saturated carbocycles. The molecule has 96 valence electrons. The number of H-pyrrole nitrogens is 1. The number of aromatic nitrogens is 2. The number of carbonyl (C=O) groups is 1. The van der Waals surface area contributed by atoms with E-state index in [4.69, 9.17) is 18.0 Å². The highest BCUT2D eigenvalue weighted by Crippen LogP contribution is 2.26. The SMILES string of the molecule is CC(CC(N)=O)n1c(=S)[nH]c2cc(Br)c(F)cc21. The van der Waals surface area contributed by atoms with E-state index in [1.165, 1.54) is 6.07 Å². The van der Waals surface area contributed by atoms with Crippen LogP contribution in [0.2, 0.25) is 0 Å². The maximum absolute atomic E-state index is 13.6. The smallest absolute Gasteiger partial charge is 0.219 e. The second-order valence-corrected chi connectivity index (χ2v) is 5.34. The molecular weight excluding hydrogens is 321 g/mol. The van der Waals surface area contributed by atoms with Crippen LogP contribution in [0.15, 0.2) is 16.6 Å². The summed E-state index contributed by atoms with van der Waals surface area (Å²) >= 11 is 8.30. The van der Waals surface area contributed by atoms with Crippen LogP contribution in [0.1, 0.15) is 19.4 Å². The number of halogens is 2. The van der Waals surface area contributed by atoms with Gasteiger partial charge in [0.1, 0.15) is 5.82 Å². The number of aromatic amines is 1. The molecule has 7 heteroatoms. The van der Waals surface area contributed by atoms with Gasteiger partial charge in [-0.25, -0.2) is 4.39 Å². The summed E-state index contributed by atoms with van der Waals surface area (Å²) in [5, 5.41) is 0. The van der Waals surface area contributed by atoms with Crippen molar-refractivity contribution < 1.29 is 9.18 Å². The van der Waals surface area contributed by atoms with Gasteiger partial charge < -0.3 is 15.3 Å².